The summed E-state index contributed by atoms with van der Waals surface area (Å²) in [6.07, 6.45) is 1.50. The molecule has 0 fully saturated rings. The van der Waals surface area contributed by atoms with E-state index < -0.39 is 5.97 Å². The number of hydrogen-bond acceptors (Lipinski definition) is 8. The van der Waals surface area contributed by atoms with E-state index in [1.807, 2.05) is 0 Å². The summed E-state index contributed by atoms with van der Waals surface area (Å²) in [7, 11) is 1.32. The summed E-state index contributed by atoms with van der Waals surface area (Å²) in [4.78, 5) is 23.5. The topological polar surface area (TPSA) is 117 Å². The zero-order valence-electron chi connectivity index (χ0n) is 10.0. The lowest BCUT2D eigenvalue weighted by Crippen LogP contribution is -2.02. The Morgan fingerprint density at radius 3 is 2.58 bits per heavy atom. The van der Waals surface area contributed by atoms with Crippen LogP contribution in [0.5, 0.6) is 0 Å². The van der Waals surface area contributed by atoms with Gasteiger partial charge in [0.2, 0.25) is 0 Å². The van der Waals surface area contributed by atoms with Crippen molar-refractivity contribution >= 4 is 29.4 Å². The molecule has 0 aliphatic rings. The van der Waals surface area contributed by atoms with Gasteiger partial charge in [-0.05, 0) is 23.9 Å². The maximum absolute atomic E-state index is 11.4. The highest BCUT2D eigenvalue weighted by molar-refractivity contribution is 7.99. The molecule has 4 N–H and O–H groups in total. The highest BCUT2D eigenvalue weighted by Gasteiger charge is 2.09. The van der Waals surface area contributed by atoms with Gasteiger partial charge in [0.15, 0.2) is 5.16 Å². The standard InChI is InChI=1S/C11H11N5O2S/c1-18-10(17)6-2-3-14-9(4-6)19-11-15-7(12)5-8(13)16-11/h2-5H,1H3,(H4,12,13,15,16). The van der Waals surface area contributed by atoms with Crippen molar-refractivity contribution in [3.63, 3.8) is 0 Å². The fourth-order valence-electron chi connectivity index (χ4n) is 1.31. The van der Waals surface area contributed by atoms with Gasteiger partial charge >= 0.3 is 5.97 Å². The maximum atomic E-state index is 11.4. The number of aromatic nitrogens is 3. The number of esters is 1. The predicted molar refractivity (Wildman–Crippen MR) is 70.6 cm³/mol. The SMILES string of the molecule is COC(=O)c1ccnc(Sc2nc(N)cc(N)n2)c1. The Hall–Kier alpha value is -2.35. The van der Waals surface area contributed by atoms with Gasteiger partial charge in [-0.1, -0.05) is 0 Å². The van der Waals surface area contributed by atoms with Crippen LogP contribution >= 0.6 is 11.8 Å². The Labute approximate surface area is 113 Å². The van der Waals surface area contributed by atoms with Crippen LogP contribution in [0, 0.1) is 0 Å². The Morgan fingerprint density at radius 2 is 1.95 bits per heavy atom. The molecule has 0 radical (unpaired) electrons. The molecule has 0 saturated heterocycles. The number of carbonyl (C=O) groups excluding carboxylic acids is 1. The Kier molecular flexibility index (Phi) is 3.81. The number of pyridine rings is 1. The van der Waals surface area contributed by atoms with Crippen molar-refractivity contribution < 1.29 is 9.53 Å². The Balaban J connectivity index is 2.25. The zero-order chi connectivity index (χ0) is 13.8. The normalized spacial score (nSPS) is 10.2. The quantitative estimate of drug-likeness (QED) is 0.629. The van der Waals surface area contributed by atoms with Crippen molar-refractivity contribution in [1.29, 1.82) is 0 Å². The molecule has 0 spiro atoms. The number of nitrogens with zero attached hydrogens (tertiary/aromatic N) is 3. The minimum atomic E-state index is -0.433. The summed E-state index contributed by atoms with van der Waals surface area (Å²) in [6.45, 7) is 0. The lowest BCUT2D eigenvalue weighted by Gasteiger charge is -2.03. The van der Waals surface area contributed by atoms with Crippen LogP contribution in [0.15, 0.2) is 34.6 Å². The molecule has 0 amide bonds. The third-order valence-corrected chi connectivity index (χ3v) is 2.89. The summed E-state index contributed by atoms with van der Waals surface area (Å²) in [5.74, 6) is 0.121. The predicted octanol–water partition coefficient (Wildman–Crippen LogP) is 0.974. The minimum absolute atomic E-state index is 0.277. The van der Waals surface area contributed by atoms with Crippen molar-refractivity contribution in [3.05, 3.63) is 30.0 Å². The zero-order valence-corrected chi connectivity index (χ0v) is 10.8. The third-order valence-electron chi connectivity index (χ3n) is 2.10. The van der Waals surface area contributed by atoms with Crippen molar-refractivity contribution in [3.8, 4) is 0 Å². The van der Waals surface area contributed by atoms with Gasteiger partial charge in [0.1, 0.15) is 16.7 Å². The monoisotopic (exact) mass is 277 g/mol. The third kappa shape index (κ3) is 3.32. The summed E-state index contributed by atoms with van der Waals surface area (Å²) in [5.41, 5.74) is 11.5. The molecule has 8 heteroatoms. The molecule has 2 aromatic heterocycles. The number of nitrogens with two attached hydrogens (primary N) is 2. The van der Waals surface area contributed by atoms with Crippen molar-refractivity contribution in [2.45, 2.75) is 10.2 Å². The molecular weight excluding hydrogens is 266 g/mol. The number of ether oxygens (including phenoxy) is 1. The average molecular weight is 277 g/mol. The fourth-order valence-corrected chi connectivity index (χ4v) is 2.10. The molecule has 0 aliphatic carbocycles. The molecule has 2 rings (SSSR count). The first kappa shape index (κ1) is 13.1. The lowest BCUT2D eigenvalue weighted by atomic mass is 10.3. The van der Waals surface area contributed by atoms with Gasteiger partial charge in [0.05, 0.1) is 12.7 Å². The summed E-state index contributed by atoms with van der Waals surface area (Å²) >= 11 is 1.16. The van der Waals surface area contributed by atoms with Crippen LogP contribution in [0.2, 0.25) is 0 Å². The molecule has 19 heavy (non-hydrogen) atoms. The van der Waals surface area contributed by atoms with E-state index in [1.165, 1.54) is 19.4 Å². The number of methoxy groups -OCH3 is 1. The van der Waals surface area contributed by atoms with E-state index in [4.69, 9.17) is 11.5 Å². The van der Waals surface area contributed by atoms with E-state index in [2.05, 4.69) is 19.7 Å². The number of nitrogen functional groups attached to an aromatic ring is 2. The maximum Gasteiger partial charge on any atom is 0.337 e. The van der Waals surface area contributed by atoms with E-state index >= 15 is 0 Å². The van der Waals surface area contributed by atoms with Crippen molar-refractivity contribution in [2.24, 2.45) is 0 Å². The molecular formula is C11H11N5O2S. The average Bonchev–Trinajstić information content (AvgIpc) is 2.37. The molecule has 7 nitrogen and oxygen atoms in total. The molecule has 0 bridgehead atoms. The summed E-state index contributed by atoms with van der Waals surface area (Å²) in [5, 5.41) is 0.917. The van der Waals surface area contributed by atoms with E-state index in [9.17, 15) is 4.79 Å². The summed E-state index contributed by atoms with van der Waals surface area (Å²) < 4.78 is 4.63. The van der Waals surface area contributed by atoms with Gasteiger partial charge in [-0.25, -0.2) is 19.7 Å². The van der Waals surface area contributed by atoms with E-state index in [0.717, 1.165) is 11.8 Å². The lowest BCUT2D eigenvalue weighted by molar-refractivity contribution is 0.0600. The molecule has 0 saturated carbocycles. The number of hydrogen-bond donors (Lipinski definition) is 2. The van der Waals surface area contributed by atoms with Crippen LogP contribution in [-0.2, 0) is 4.74 Å². The van der Waals surface area contributed by atoms with Crippen molar-refractivity contribution in [2.75, 3.05) is 18.6 Å². The molecule has 0 aliphatic heterocycles. The molecule has 0 aromatic carbocycles. The van der Waals surface area contributed by atoms with Crippen LogP contribution in [-0.4, -0.2) is 28.0 Å². The first-order valence-electron chi connectivity index (χ1n) is 5.21. The molecule has 0 atom stereocenters. The summed E-state index contributed by atoms with van der Waals surface area (Å²) in [6, 6.07) is 4.60. The molecule has 0 unspecified atom stereocenters. The first-order valence-corrected chi connectivity index (χ1v) is 6.02. The highest BCUT2D eigenvalue weighted by atomic mass is 32.2. The van der Waals surface area contributed by atoms with Crippen molar-refractivity contribution in [1.82, 2.24) is 15.0 Å². The van der Waals surface area contributed by atoms with Crippen LogP contribution < -0.4 is 11.5 Å². The second-order valence-electron chi connectivity index (χ2n) is 3.48. The fraction of sp³-hybridized carbons (Fsp3) is 0.0909. The molecule has 98 valence electrons. The van der Waals surface area contributed by atoms with Crippen LogP contribution in [0.3, 0.4) is 0 Å². The Morgan fingerprint density at radius 1 is 1.26 bits per heavy atom. The van der Waals surface area contributed by atoms with Crippen LogP contribution in [0.25, 0.3) is 0 Å². The number of anilines is 2. The molecule has 2 aromatic rings. The number of carbonyl (C=O) groups is 1. The smallest absolute Gasteiger partial charge is 0.337 e. The Bertz CT molecular complexity index is 600. The van der Waals surface area contributed by atoms with Crippen LogP contribution in [0.4, 0.5) is 11.6 Å². The minimum Gasteiger partial charge on any atom is -0.465 e. The van der Waals surface area contributed by atoms with Gasteiger partial charge in [-0.3, -0.25) is 0 Å². The van der Waals surface area contributed by atoms with E-state index in [0.29, 0.717) is 15.7 Å². The van der Waals surface area contributed by atoms with Gasteiger partial charge in [0, 0.05) is 12.3 Å². The second-order valence-corrected chi connectivity index (χ2v) is 4.46. The highest BCUT2D eigenvalue weighted by Crippen LogP contribution is 2.24. The number of rotatable bonds is 3. The first-order chi connectivity index (χ1) is 9.08. The second kappa shape index (κ2) is 5.53. The van der Waals surface area contributed by atoms with Gasteiger partial charge in [-0.2, -0.15) is 0 Å². The largest absolute Gasteiger partial charge is 0.465 e. The molecule has 2 heterocycles. The van der Waals surface area contributed by atoms with E-state index in [1.54, 1.807) is 12.1 Å². The van der Waals surface area contributed by atoms with Gasteiger partial charge < -0.3 is 16.2 Å². The van der Waals surface area contributed by atoms with E-state index in [-0.39, 0.29) is 11.6 Å². The van der Waals surface area contributed by atoms with Gasteiger partial charge in [0.25, 0.3) is 0 Å². The van der Waals surface area contributed by atoms with Crippen LogP contribution in [0.1, 0.15) is 10.4 Å². The van der Waals surface area contributed by atoms with Gasteiger partial charge in [-0.15, -0.1) is 0 Å².